The minimum atomic E-state index is 0.763. The van der Waals surface area contributed by atoms with Gasteiger partial charge in [0.15, 0.2) is 0 Å². The van der Waals surface area contributed by atoms with Crippen LogP contribution in [0.5, 0.6) is 0 Å². The molecule has 134 valence electrons. The number of aryl methyl sites for hydroxylation is 1. The first kappa shape index (κ1) is 17.9. The molecule has 0 fully saturated rings. The van der Waals surface area contributed by atoms with Crippen LogP contribution in [0.25, 0.3) is 0 Å². The number of aromatic nitrogens is 2. The van der Waals surface area contributed by atoms with Crippen LogP contribution in [0.3, 0.4) is 0 Å². The molecule has 0 unspecified atom stereocenters. The lowest BCUT2D eigenvalue weighted by Gasteiger charge is -2.27. The highest BCUT2D eigenvalue weighted by molar-refractivity contribution is 5.63. The van der Waals surface area contributed by atoms with Crippen LogP contribution in [0.1, 0.15) is 25.2 Å². The Balaban J connectivity index is 2.04. The van der Waals surface area contributed by atoms with Crippen molar-refractivity contribution in [2.75, 3.05) is 22.9 Å². The molecule has 1 aromatic heterocycles. The maximum atomic E-state index is 4.75. The molecule has 0 aliphatic carbocycles. The first-order valence-corrected chi connectivity index (χ1v) is 9.18. The van der Waals surface area contributed by atoms with E-state index in [0.717, 1.165) is 42.8 Å². The Labute approximate surface area is 156 Å². The zero-order valence-electron chi connectivity index (χ0n) is 15.8. The Kier molecular flexibility index (Phi) is 5.84. The highest BCUT2D eigenvalue weighted by atomic mass is 15.2. The second kappa shape index (κ2) is 8.48. The molecule has 4 nitrogen and oxygen atoms in total. The summed E-state index contributed by atoms with van der Waals surface area (Å²) in [6.45, 7) is 8.88. The van der Waals surface area contributed by atoms with Crippen LogP contribution >= 0.6 is 0 Å². The molecule has 3 rings (SSSR count). The third kappa shape index (κ3) is 4.20. The fourth-order valence-electron chi connectivity index (χ4n) is 3.06. The van der Waals surface area contributed by atoms with E-state index in [2.05, 4.69) is 83.2 Å². The van der Waals surface area contributed by atoms with Gasteiger partial charge in [-0.2, -0.15) is 0 Å². The van der Waals surface area contributed by atoms with Gasteiger partial charge >= 0.3 is 0 Å². The zero-order valence-corrected chi connectivity index (χ0v) is 15.8. The minimum absolute atomic E-state index is 0.763. The summed E-state index contributed by atoms with van der Waals surface area (Å²) in [5, 5.41) is 0. The number of para-hydroxylation sites is 1. The molecule has 0 saturated heterocycles. The maximum absolute atomic E-state index is 4.75. The molecule has 0 aliphatic heterocycles. The van der Waals surface area contributed by atoms with Crippen molar-refractivity contribution < 1.29 is 0 Å². The van der Waals surface area contributed by atoms with Crippen LogP contribution in [0.15, 0.2) is 66.7 Å². The number of nitrogens with zero attached hydrogens (tertiary/aromatic N) is 4. The molecule has 0 saturated carbocycles. The molecule has 3 aromatic rings. The van der Waals surface area contributed by atoms with Gasteiger partial charge < -0.3 is 9.80 Å². The van der Waals surface area contributed by atoms with E-state index in [9.17, 15) is 0 Å². The van der Waals surface area contributed by atoms with Gasteiger partial charge in [0.25, 0.3) is 0 Å². The van der Waals surface area contributed by atoms with E-state index in [1.807, 2.05) is 19.1 Å². The van der Waals surface area contributed by atoms with Crippen molar-refractivity contribution in [2.24, 2.45) is 0 Å². The smallest absolute Gasteiger partial charge is 0.139 e. The van der Waals surface area contributed by atoms with Crippen LogP contribution in [0.4, 0.5) is 17.3 Å². The molecule has 0 amide bonds. The van der Waals surface area contributed by atoms with E-state index in [1.54, 1.807) is 0 Å². The van der Waals surface area contributed by atoms with Crippen molar-refractivity contribution in [3.63, 3.8) is 0 Å². The molecule has 2 aromatic carbocycles. The van der Waals surface area contributed by atoms with E-state index >= 15 is 0 Å². The summed E-state index contributed by atoms with van der Waals surface area (Å²) in [6, 6.07) is 23.0. The van der Waals surface area contributed by atoms with Crippen molar-refractivity contribution in [1.82, 2.24) is 9.97 Å². The van der Waals surface area contributed by atoms with Gasteiger partial charge in [0.2, 0.25) is 0 Å². The van der Waals surface area contributed by atoms with Gasteiger partial charge in [-0.1, -0.05) is 48.5 Å². The average Bonchev–Trinajstić information content (AvgIpc) is 2.68. The minimum Gasteiger partial charge on any atom is -0.357 e. The molecule has 26 heavy (non-hydrogen) atoms. The number of benzene rings is 2. The monoisotopic (exact) mass is 346 g/mol. The van der Waals surface area contributed by atoms with Crippen LogP contribution < -0.4 is 9.80 Å². The van der Waals surface area contributed by atoms with Crippen molar-refractivity contribution >= 4 is 17.3 Å². The van der Waals surface area contributed by atoms with Gasteiger partial charge in [-0.05, 0) is 38.5 Å². The van der Waals surface area contributed by atoms with Gasteiger partial charge in [0, 0.05) is 31.4 Å². The summed E-state index contributed by atoms with van der Waals surface area (Å²) in [6.07, 6.45) is 0. The normalized spacial score (nSPS) is 10.6. The summed E-state index contributed by atoms with van der Waals surface area (Å²) in [5.74, 6) is 2.69. The fourth-order valence-corrected chi connectivity index (χ4v) is 3.06. The van der Waals surface area contributed by atoms with Crippen LogP contribution in [-0.2, 0) is 6.54 Å². The Morgan fingerprint density at radius 1 is 0.769 bits per heavy atom. The third-order valence-electron chi connectivity index (χ3n) is 4.43. The van der Waals surface area contributed by atoms with Crippen molar-refractivity contribution in [3.8, 4) is 0 Å². The van der Waals surface area contributed by atoms with Crippen LogP contribution in [0.2, 0.25) is 0 Å². The lowest BCUT2D eigenvalue weighted by molar-refractivity contribution is 0.828. The second-order valence-corrected chi connectivity index (χ2v) is 6.21. The molecule has 0 aliphatic rings. The molecule has 1 heterocycles. The molecule has 0 spiro atoms. The standard InChI is InChI=1S/C22H26N4/c1-4-25(5-2)21-16-22(24-18(3)23-21)26(20-14-10-7-11-15-20)17-19-12-8-6-9-13-19/h6-16H,4-5,17H2,1-3H3. The van der Waals surface area contributed by atoms with E-state index in [4.69, 9.17) is 4.98 Å². The largest absolute Gasteiger partial charge is 0.357 e. The van der Waals surface area contributed by atoms with Gasteiger partial charge in [-0.25, -0.2) is 9.97 Å². The van der Waals surface area contributed by atoms with E-state index in [0.29, 0.717) is 0 Å². The van der Waals surface area contributed by atoms with Gasteiger partial charge in [0.05, 0.1) is 0 Å². The molecular weight excluding hydrogens is 320 g/mol. The van der Waals surface area contributed by atoms with Gasteiger partial charge in [0.1, 0.15) is 17.5 Å². The van der Waals surface area contributed by atoms with Crippen molar-refractivity contribution in [2.45, 2.75) is 27.3 Å². The van der Waals surface area contributed by atoms with Crippen molar-refractivity contribution in [3.05, 3.63) is 78.1 Å². The highest BCUT2D eigenvalue weighted by Crippen LogP contribution is 2.28. The van der Waals surface area contributed by atoms with E-state index < -0.39 is 0 Å². The van der Waals surface area contributed by atoms with Crippen LogP contribution in [-0.4, -0.2) is 23.1 Å². The number of hydrogen-bond donors (Lipinski definition) is 0. The summed E-state index contributed by atoms with van der Waals surface area (Å²) >= 11 is 0. The quantitative estimate of drug-likeness (QED) is 0.604. The number of rotatable bonds is 7. The highest BCUT2D eigenvalue weighted by Gasteiger charge is 2.15. The van der Waals surface area contributed by atoms with Gasteiger partial charge in [-0.3, -0.25) is 0 Å². The predicted octanol–water partition coefficient (Wildman–Crippen LogP) is 4.97. The SMILES string of the molecule is CCN(CC)c1cc(N(Cc2ccccc2)c2ccccc2)nc(C)n1. The summed E-state index contributed by atoms with van der Waals surface area (Å²) < 4.78 is 0. The van der Waals surface area contributed by atoms with E-state index in [1.165, 1.54) is 5.56 Å². The first-order valence-electron chi connectivity index (χ1n) is 9.18. The lowest BCUT2D eigenvalue weighted by Crippen LogP contribution is -2.25. The second-order valence-electron chi connectivity index (χ2n) is 6.21. The topological polar surface area (TPSA) is 32.3 Å². The Morgan fingerprint density at radius 3 is 1.96 bits per heavy atom. The maximum Gasteiger partial charge on any atom is 0.139 e. The fraction of sp³-hybridized carbons (Fsp3) is 0.273. The lowest BCUT2D eigenvalue weighted by atomic mass is 10.2. The third-order valence-corrected chi connectivity index (χ3v) is 4.43. The summed E-state index contributed by atoms with van der Waals surface area (Å²) in [7, 11) is 0. The van der Waals surface area contributed by atoms with Crippen LogP contribution in [0, 0.1) is 6.92 Å². The molecule has 0 atom stereocenters. The summed E-state index contributed by atoms with van der Waals surface area (Å²) in [5.41, 5.74) is 2.37. The molecular formula is C22H26N4. The molecule has 0 bridgehead atoms. The first-order chi connectivity index (χ1) is 12.7. The summed E-state index contributed by atoms with van der Waals surface area (Å²) in [4.78, 5) is 13.9. The molecule has 0 N–H and O–H groups in total. The number of hydrogen-bond acceptors (Lipinski definition) is 4. The Hall–Kier alpha value is -2.88. The van der Waals surface area contributed by atoms with E-state index in [-0.39, 0.29) is 0 Å². The predicted molar refractivity (Wildman–Crippen MR) is 109 cm³/mol. The average molecular weight is 346 g/mol. The zero-order chi connectivity index (χ0) is 18.4. The number of anilines is 3. The van der Waals surface area contributed by atoms with Gasteiger partial charge in [-0.15, -0.1) is 0 Å². The molecule has 4 heteroatoms. The molecule has 0 radical (unpaired) electrons. The van der Waals surface area contributed by atoms with Crippen molar-refractivity contribution in [1.29, 1.82) is 0 Å². The Morgan fingerprint density at radius 2 is 1.35 bits per heavy atom. The Bertz CT molecular complexity index is 814.